The van der Waals surface area contributed by atoms with Crippen LogP contribution in [0.2, 0.25) is 0 Å². The first-order chi connectivity index (χ1) is 8.31. The molecule has 0 aliphatic carbocycles. The Morgan fingerprint density at radius 2 is 2.29 bits per heavy atom. The summed E-state index contributed by atoms with van der Waals surface area (Å²) in [6, 6.07) is 2.24. The van der Waals surface area contributed by atoms with E-state index in [1.54, 1.807) is 0 Å². The van der Waals surface area contributed by atoms with Crippen LogP contribution in [0.1, 0.15) is 18.9 Å². The molecular weight excluding hydrogens is 325 g/mol. The summed E-state index contributed by atoms with van der Waals surface area (Å²) in [5.74, 6) is 0. The highest BCUT2D eigenvalue weighted by atomic mass is 127. The Balaban J connectivity index is 2.22. The second-order valence-corrected chi connectivity index (χ2v) is 5.19. The molecule has 0 unspecified atom stereocenters. The van der Waals surface area contributed by atoms with Gasteiger partial charge < -0.3 is 10.2 Å². The maximum atomic E-state index is 4.48. The maximum Gasteiger partial charge on any atom is 0.108 e. The van der Waals surface area contributed by atoms with E-state index in [1.165, 1.54) is 17.7 Å². The normalized spacial score (nSPS) is 17.4. The molecule has 1 aromatic heterocycles. The molecule has 0 saturated carbocycles. The van der Waals surface area contributed by atoms with Crippen molar-refractivity contribution < 1.29 is 0 Å². The molecule has 0 atom stereocenters. The van der Waals surface area contributed by atoms with E-state index in [2.05, 4.69) is 56.0 Å². The van der Waals surface area contributed by atoms with Crippen molar-refractivity contribution in [2.75, 3.05) is 31.1 Å². The van der Waals surface area contributed by atoms with Crippen LogP contribution in [0.5, 0.6) is 0 Å². The fourth-order valence-corrected chi connectivity index (χ4v) is 2.50. The second kappa shape index (κ2) is 6.35. The summed E-state index contributed by atoms with van der Waals surface area (Å²) < 4.78 is 1.07. The lowest BCUT2D eigenvalue weighted by atomic mass is 10.2. The van der Waals surface area contributed by atoms with Gasteiger partial charge >= 0.3 is 0 Å². The molecule has 1 aliphatic heterocycles. The summed E-state index contributed by atoms with van der Waals surface area (Å²) in [4.78, 5) is 6.89. The summed E-state index contributed by atoms with van der Waals surface area (Å²) in [5, 5.41) is 3.42. The molecular formula is C13H18IN3. The lowest BCUT2D eigenvalue weighted by Crippen LogP contribution is -2.28. The molecule has 92 valence electrons. The van der Waals surface area contributed by atoms with Crippen molar-refractivity contribution in [2.45, 2.75) is 13.3 Å². The summed E-state index contributed by atoms with van der Waals surface area (Å²) in [7, 11) is 0. The Bertz CT molecular complexity index is 396. The number of nitrogens with one attached hydrogen (secondary N) is 1. The second-order valence-electron chi connectivity index (χ2n) is 4.16. The van der Waals surface area contributed by atoms with E-state index in [1.807, 2.05) is 13.1 Å². The SMILES string of the molecule is CC=Cc1cc(N2CCCNCC2)cnc1I. The van der Waals surface area contributed by atoms with Crippen molar-refractivity contribution in [2.24, 2.45) is 0 Å². The molecule has 2 rings (SSSR count). The highest BCUT2D eigenvalue weighted by Crippen LogP contribution is 2.20. The van der Waals surface area contributed by atoms with Crippen molar-refractivity contribution in [3.8, 4) is 0 Å². The summed E-state index contributed by atoms with van der Waals surface area (Å²) >= 11 is 2.29. The zero-order chi connectivity index (χ0) is 12.1. The van der Waals surface area contributed by atoms with Gasteiger partial charge in [0.25, 0.3) is 0 Å². The lowest BCUT2D eigenvalue weighted by Gasteiger charge is -2.22. The average molecular weight is 343 g/mol. The van der Waals surface area contributed by atoms with Crippen LogP contribution in [0.4, 0.5) is 5.69 Å². The van der Waals surface area contributed by atoms with Crippen LogP contribution in [-0.4, -0.2) is 31.2 Å². The van der Waals surface area contributed by atoms with Crippen LogP contribution in [0.15, 0.2) is 18.3 Å². The molecule has 1 aromatic rings. The predicted molar refractivity (Wildman–Crippen MR) is 81.4 cm³/mol. The van der Waals surface area contributed by atoms with Gasteiger partial charge in [-0.15, -0.1) is 0 Å². The van der Waals surface area contributed by atoms with Crippen LogP contribution in [0.25, 0.3) is 6.08 Å². The summed E-state index contributed by atoms with van der Waals surface area (Å²) in [6.07, 6.45) is 7.37. The van der Waals surface area contributed by atoms with Crippen molar-refractivity contribution in [1.82, 2.24) is 10.3 Å². The molecule has 0 amide bonds. The van der Waals surface area contributed by atoms with Crippen LogP contribution in [0, 0.1) is 3.70 Å². The molecule has 1 fully saturated rings. The minimum atomic E-state index is 1.06. The number of halogens is 1. The van der Waals surface area contributed by atoms with Gasteiger partial charge in [-0.05, 0) is 48.5 Å². The fourth-order valence-electron chi connectivity index (χ4n) is 2.03. The monoisotopic (exact) mass is 343 g/mol. The minimum Gasteiger partial charge on any atom is -0.369 e. The Morgan fingerprint density at radius 3 is 3.12 bits per heavy atom. The molecule has 0 radical (unpaired) electrons. The number of rotatable bonds is 2. The number of nitrogens with zero attached hydrogens (tertiary/aromatic N) is 2. The van der Waals surface area contributed by atoms with Gasteiger partial charge in [-0.2, -0.15) is 0 Å². The fraction of sp³-hybridized carbons (Fsp3) is 0.462. The molecule has 1 aliphatic rings. The van der Waals surface area contributed by atoms with E-state index in [9.17, 15) is 0 Å². The first kappa shape index (κ1) is 12.8. The molecule has 0 aromatic carbocycles. The molecule has 0 bridgehead atoms. The molecule has 1 saturated heterocycles. The van der Waals surface area contributed by atoms with Crippen LogP contribution >= 0.6 is 22.6 Å². The number of pyridine rings is 1. The molecule has 3 nitrogen and oxygen atoms in total. The van der Waals surface area contributed by atoms with E-state index in [-0.39, 0.29) is 0 Å². The van der Waals surface area contributed by atoms with E-state index >= 15 is 0 Å². The quantitative estimate of drug-likeness (QED) is 0.661. The number of allylic oxidation sites excluding steroid dienone is 1. The summed E-state index contributed by atoms with van der Waals surface area (Å²) in [6.45, 7) is 6.40. The number of hydrogen-bond acceptors (Lipinski definition) is 3. The van der Waals surface area contributed by atoms with E-state index in [0.29, 0.717) is 0 Å². The first-order valence-corrected chi connectivity index (χ1v) is 7.13. The number of anilines is 1. The average Bonchev–Trinajstić information content (AvgIpc) is 2.61. The highest BCUT2D eigenvalue weighted by molar-refractivity contribution is 14.1. The van der Waals surface area contributed by atoms with E-state index < -0.39 is 0 Å². The zero-order valence-corrected chi connectivity index (χ0v) is 12.3. The van der Waals surface area contributed by atoms with Gasteiger partial charge in [0.05, 0.1) is 11.9 Å². The summed E-state index contributed by atoms with van der Waals surface area (Å²) in [5.41, 5.74) is 2.45. The third-order valence-electron chi connectivity index (χ3n) is 2.90. The van der Waals surface area contributed by atoms with Crippen molar-refractivity contribution >= 4 is 34.4 Å². The van der Waals surface area contributed by atoms with Crippen molar-refractivity contribution in [1.29, 1.82) is 0 Å². The van der Waals surface area contributed by atoms with E-state index in [4.69, 9.17) is 0 Å². The largest absolute Gasteiger partial charge is 0.369 e. The highest BCUT2D eigenvalue weighted by Gasteiger charge is 2.10. The molecule has 2 heterocycles. The van der Waals surface area contributed by atoms with Gasteiger partial charge in [-0.25, -0.2) is 4.98 Å². The molecule has 17 heavy (non-hydrogen) atoms. The van der Waals surface area contributed by atoms with Crippen molar-refractivity contribution in [3.05, 3.63) is 27.6 Å². The standard InChI is InChI=1S/C13H18IN3/c1-2-4-11-9-12(10-16-13(11)14)17-7-3-5-15-6-8-17/h2,4,9-10,15H,3,5-8H2,1H3. The van der Waals surface area contributed by atoms with Crippen molar-refractivity contribution in [3.63, 3.8) is 0 Å². The third-order valence-corrected chi connectivity index (χ3v) is 3.80. The van der Waals surface area contributed by atoms with Gasteiger partial charge in [-0.3, -0.25) is 0 Å². The number of hydrogen-bond donors (Lipinski definition) is 1. The Kier molecular flexibility index (Phi) is 4.79. The van der Waals surface area contributed by atoms with Gasteiger partial charge in [0.1, 0.15) is 3.70 Å². The van der Waals surface area contributed by atoms with Gasteiger partial charge in [0.2, 0.25) is 0 Å². The van der Waals surface area contributed by atoms with Gasteiger partial charge in [0, 0.05) is 25.2 Å². The Labute approximate surface area is 116 Å². The zero-order valence-electron chi connectivity index (χ0n) is 10.1. The van der Waals surface area contributed by atoms with E-state index in [0.717, 1.165) is 29.9 Å². The smallest absolute Gasteiger partial charge is 0.108 e. The maximum absolute atomic E-state index is 4.48. The molecule has 0 spiro atoms. The van der Waals surface area contributed by atoms with Crippen LogP contribution in [0.3, 0.4) is 0 Å². The predicted octanol–water partition coefficient (Wildman–Crippen LogP) is 2.52. The van der Waals surface area contributed by atoms with Crippen LogP contribution in [-0.2, 0) is 0 Å². The van der Waals surface area contributed by atoms with Gasteiger partial charge in [-0.1, -0.05) is 12.2 Å². The van der Waals surface area contributed by atoms with Gasteiger partial charge in [0.15, 0.2) is 0 Å². The van der Waals surface area contributed by atoms with Crippen LogP contribution < -0.4 is 10.2 Å². The first-order valence-electron chi connectivity index (χ1n) is 6.05. The number of aromatic nitrogens is 1. The Morgan fingerprint density at radius 1 is 1.41 bits per heavy atom. The Hall–Kier alpha value is -0.620. The third kappa shape index (κ3) is 3.42. The topological polar surface area (TPSA) is 28.2 Å². The molecule has 1 N–H and O–H groups in total. The minimum absolute atomic E-state index is 1.06. The lowest BCUT2D eigenvalue weighted by molar-refractivity contribution is 0.724. The molecule has 4 heteroatoms.